The molecule has 0 aliphatic heterocycles. The van der Waals surface area contributed by atoms with Crippen molar-refractivity contribution in [3.8, 4) is 0 Å². The lowest BCUT2D eigenvalue weighted by molar-refractivity contribution is 0.101. The first-order chi connectivity index (χ1) is 9.04. The summed E-state index contributed by atoms with van der Waals surface area (Å²) in [5.41, 5.74) is 7.72. The van der Waals surface area contributed by atoms with E-state index in [9.17, 15) is 4.79 Å². The van der Waals surface area contributed by atoms with Crippen LogP contribution in [0.1, 0.15) is 23.0 Å². The van der Waals surface area contributed by atoms with Gasteiger partial charge in [0.2, 0.25) is 0 Å². The second-order valence-corrected chi connectivity index (χ2v) is 4.37. The van der Waals surface area contributed by atoms with Crippen LogP contribution in [-0.4, -0.2) is 20.7 Å². The van der Waals surface area contributed by atoms with Crippen LogP contribution in [0.5, 0.6) is 0 Å². The van der Waals surface area contributed by atoms with Gasteiger partial charge in [-0.3, -0.25) is 9.48 Å². The first-order valence-electron chi connectivity index (χ1n) is 5.78. The van der Waals surface area contributed by atoms with Crippen molar-refractivity contribution in [2.24, 2.45) is 0 Å². The Morgan fingerprint density at radius 2 is 2.32 bits per heavy atom. The molecular formula is C12H14ClN5O. The molecule has 6 nitrogen and oxygen atoms in total. The number of nitrogens with one attached hydrogen (secondary N) is 1. The van der Waals surface area contributed by atoms with Crippen LogP contribution in [0.3, 0.4) is 0 Å². The van der Waals surface area contributed by atoms with Gasteiger partial charge in [0, 0.05) is 12.7 Å². The zero-order chi connectivity index (χ0) is 14.0. The lowest BCUT2D eigenvalue weighted by Gasteiger charge is -2.10. The lowest BCUT2D eigenvalue weighted by Crippen LogP contribution is -2.19. The minimum absolute atomic E-state index is 0.245. The van der Waals surface area contributed by atoms with Gasteiger partial charge in [0.25, 0.3) is 5.91 Å². The Kier molecular flexibility index (Phi) is 3.71. The van der Waals surface area contributed by atoms with Crippen molar-refractivity contribution >= 4 is 28.9 Å². The smallest absolute Gasteiger partial charge is 0.276 e. The molecular weight excluding hydrogens is 266 g/mol. The first-order valence-corrected chi connectivity index (χ1v) is 6.16. The Balaban J connectivity index is 2.34. The number of pyridine rings is 1. The number of nitrogens with zero attached hydrogens (tertiary/aromatic N) is 3. The third-order valence-corrected chi connectivity index (χ3v) is 3.02. The predicted octanol–water partition coefficient (Wildman–Crippen LogP) is 2.09. The highest BCUT2D eigenvalue weighted by Gasteiger charge is 2.18. The van der Waals surface area contributed by atoms with Crippen molar-refractivity contribution in [1.82, 2.24) is 14.8 Å². The molecule has 0 saturated heterocycles. The average Bonchev–Trinajstić information content (AvgIpc) is 2.75. The lowest BCUT2D eigenvalue weighted by atomic mass is 10.2. The summed E-state index contributed by atoms with van der Waals surface area (Å²) in [6.07, 6.45) is 3.04. The summed E-state index contributed by atoms with van der Waals surface area (Å²) in [7, 11) is 0. The molecule has 0 saturated carbocycles. The second kappa shape index (κ2) is 5.27. The largest absolute Gasteiger partial charge is 0.396 e. The highest BCUT2D eigenvalue weighted by atomic mass is 35.5. The number of carbonyl (C=O) groups excluding carboxylic acids is 1. The fourth-order valence-corrected chi connectivity index (χ4v) is 1.99. The van der Waals surface area contributed by atoms with E-state index in [1.807, 2.05) is 13.8 Å². The molecule has 0 bridgehead atoms. The molecule has 0 aromatic carbocycles. The molecule has 0 fully saturated rings. The summed E-state index contributed by atoms with van der Waals surface area (Å²) in [5, 5.41) is 6.99. The van der Waals surface area contributed by atoms with Gasteiger partial charge >= 0.3 is 0 Å². The number of anilines is 2. The number of aromatic nitrogens is 3. The second-order valence-electron chi connectivity index (χ2n) is 4.01. The third-order valence-electron chi connectivity index (χ3n) is 2.73. The van der Waals surface area contributed by atoms with E-state index in [1.165, 1.54) is 10.9 Å². The Labute approximate surface area is 115 Å². The molecule has 2 aromatic heterocycles. The Bertz CT molecular complexity index is 602. The number of hydrogen-bond acceptors (Lipinski definition) is 4. The van der Waals surface area contributed by atoms with Gasteiger partial charge in [-0.05, 0) is 25.5 Å². The molecule has 3 N–H and O–H groups in total. The molecule has 2 aromatic rings. The maximum atomic E-state index is 12.2. The minimum Gasteiger partial charge on any atom is -0.396 e. The number of hydrogen-bond donors (Lipinski definition) is 2. The van der Waals surface area contributed by atoms with Crippen molar-refractivity contribution < 1.29 is 4.79 Å². The highest BCUT2D eigenvalue weighted by molar-refractivity contribution is 6.32. The number of rotatable bonds is 3. The van der Waals surface area contributed by atoms with Crippen LogP contribution in [0, 0.1) is 6.92 Å². The van der Waals surface area contributed by atoms with Gasteiger partial charge in [0.1, 0.15) is 5.69 Å². The molecule has 7 heteroatoms. The van der Waals surface area contributed by atoms with E-state index in [0.717, 1.165) is 5.56 Å². The molecule has 0 aliphatic rings. The Morgan fingerprint density at radius 1 is 1.58 bits per heavy atom. The molecule has 1 amide bonds. The van der Waals surface area contributed by atoms with E-state index in [-0.39, 0.29) is 11.1 Å². The summed E-state index contributed by atoms with van der Waals surface area (Å²) >= 11 is 5.97. The standard InChI is InChI=1S/C12H14ClN5O/c1-3-18-10(8(14)6-16-18)12(19)17-9-7(2)4-5-15-11(9)13/h4-6H,3,14H2,1-2H3,(H,17,19). The molecule has 0 atom stereocenters. The molecule has 2 rings (SSSR count). The Morgan fingerprint density at radius 3 is 2.95 bits per heavy atom. The first kappa shape index (κ1) is 13.4. The number of amides is 1. The zero-order valence-corrected chi connectivity index (χ0v) is 11.4. The van der Waals surface area contributed by atoms with Crippen molar-refractivity contribution in [2.45, 2.75) is 20.4 Å². The minimum atomic E-state index is -0.352. The van der Waals surface area contributed by atoms with Crippen LogP contribution < -0.4 is 11.1 Å². The zero-order valence-electron chi connectivity index (χ0n) is 10.6. The molecule has 100 valence electrons. The fourth-order valence-electron chi connectivity index (χ4n) is 1.74. The average molecular weight is 280 g/mol. The molecule has 2 heterocycles. The Hall–Kier alpha value is -2.08. The number of halogens is 1. The van der Waals surface area contributed by atoms with E-state index in [1.54, 1.807) is 12.3 Å². The van der Waals surface area contributed by atoms with Gasteiger partial charge in [-0.25, -0.2) is 4.98 Å². The molecule has 0 spiro atoms. The predicted molar refractivity (Wildman–Crippen MR) is 74.3 cm³/mol. The summed E-state index contributed by atoms with van der Waals surface area (Å²) in [6, 6.07) is 1.77. The highest BCUT2D eigenvalue weighted by Crippen LogP contribution is 2.24. The van der Waals surface area contributed by atoms with Crippen LogP contribution in [-0.2, 0) is 6.54 Å². The van der Waals surface area contributed by atoms with E-state index < -0.39 is 0 Å². The third kappa shape index (κ3) is 2.53. The molecule has 19 heavy (non-hydrogen) atoms. The summed E-state index contributed by atoms with van der Waals surface area (Å²) in [4.78, 5) is 16.2. The van der Waals surface area contributed by atoms with Crippen molar-refractivity contribution in [3.63, 3.8) is 0 Å². The summed E-state index contributed by atoms with van der Waals surface area (Å²) in [5.74, 6) is -0.352. The van der Waals surface area contributed by atoms with Gasteiger partial charge in [-0.2, -0.15) is 5.10 Å². The van der Waals surface area contributed by atoms with Crippen molar-refractivity contribution in [1.29, 1.82) is 0 Å². The van der Waals surface area contributed by atoms with Crippen LogP contribution >= 0.6 is 11.6 Å². The molecule has 0 unspecified atom stereocenters. The van der Waals surface area contributed by atoms with Gasteiger partial charge < -0.3 is 11.1 Å². The number of carbonyl (C=O) groups is 1. The number of aryl methyl sites for hydroxylation is 2. The maximum absolute atomic E-state index is 12.2. The van der Waals surface area contributed by atoms with E-state index >= 15 is 0 Å². The topological polar surface area (TPSA) is 85.8 Å². The van der Waals surface area contributed by atoms with Gasteiger partial charge in [-0.15, -0.1) is 0 Å². The quantitative estimate of drug-likeness (QED) is 0.843. The monoisotopic (exact) mass is 279 g/mol. The van der Waals surface area contributed by atoms with Crippen LogP contribution in [0.4, 0.5) is 11.4 Å². The van der Waals surface area contributed by atoms with Crippen molar-refractivity contribution in [3.05, 3.63) is 34.9 Å². The SMILES string of the molecule is CCn1ncc(N)c1C(=O)Nc1c(C)ccnc1Cl. The van der Waals surface area contributed by atoms with Gasteiger partial charge in [-0.1, -0.05) is 11.6 Å². The summed E-state index contributed by atoms with van der Waals surface area (Å²) < 4.78 is 1.53. The van der Waals surface area contributed by atoms with Gasteiger partial charge in [0.15, 0.2) is 5.15 Å². The van der Waals surface area contributed by atoms with E-state index in [4.69, 9.17) is 17.3 Å². The van der Waals surface area contributed by atoms with E-state index in [2.05, 4.69) is 15.4 Å². The maximum Gasteiger partial charge on any atom is 0.276 e. The van der Waals surface area contributed by atoms with Crippen LogP contribution in [0.25, 0.3) is 0 Å². The fraction of sp³-hybridized carbons (Fsp3) is 0.250. The summed E-state index contributed by atoms with van der Waals surface area (Å²) in [6.45, 7) is 4.27. The van der Waals surface area contributed by atoms with Crippen molar-refractivity contribution in [2.75, 3.05) is 11.1 Å². The number of nitrogens with two attached hydrogens (primary N) is 1. The van der Waals surface area contributed by atoms with E-state index in [0.29, 0.717) is 23.6 Å². The number of nitrogen functional groups attached to an aromatic ring is 1. The van der Waals surface area contributed by atoms with Crippen LogP contribution in [0.15, 0.2) is 18.5 Å². The van der Waals surface area contributed by atoms with Crippen LogP contribution in [0.2, 0.25) is 5.15 Å². The molecule has 0 radical (unpaired) electrons. The van der Waals surface area contributed by atoms with Gasteiger partial charge in [0.05, 0.1) is 17.6 Å². The molecule has 0 aliphatic carbocycles. The normalized spacial score (nSPS) is 10.5.